The van der Waals surface area contributed by atoms with Crippen molar-refractivity contribution in [3.05, 3.63) is 45.2 Å². The monoisotopic (exact) mass is 294 g/mol. The molecule has 0 bridgehead atoms. The van der Waals surface area contributed by atoms with Crippen molar-refractivity contribution in [3.8, 4) is 29.0 Å². The van der Waals surface area contributed by atoms with Crippen LogP contribution in [0, 0.1) is 29.6 Å². The summed E-state index contributed by atoms with van der Waals surface area (Å²) in [5, 5.41) is 18.6. The average Bonchev–Trinajstić information content (AvgIpc) is 2.49. The van der Waals surface area contributed by atoms with Crippen molar-refractivity contribution in [1.29, 1.82) is 10.5 Å². The third-order valence-electron chi connectivity index (χ3n) is 3.24. The number of pyridine rings is 1. The number of hydrogen-bond acceptors (Lipinski definition) is 5. The van der Waals surface area contributed by atoms with Crippen molar-refractivity contribution in [2.24, 2.45) is 0 Å². The van der Waals surface area contributed by atoms with Crippen LogP contribution in [-0.2, 0) is 0 Å². The molecular weight excluding hydrogens is 280 g/mol. The van der Waals surface area contributed by atoms with Crippen LogP contribution in [0.1, 0.15) is 23.6 Å². The number of anilines is 1. The molecule has 2 rings (SSSR count). The second kappa shape index (κ2) is 6.02. The van der Waals surface area contributed by atoms with Gasteiger partial charge in [0, 0.05) is 5.56 Å². The second-order valence-corrected chi connectivity index (χ2v) is 4.63. The van der Waals surface area contributed by atoms with Gasteiger partial charge in [-0.3, -0.25) is 4.79 Å². The molecule has 0 radical (unpaired) electrons. The van der Waals surface area contributed by atoms with Crippen molar-refractivity contribution in [2.45, 2.75) is 13.8 Å². The molecule has 0 fully saturated rings. The topological polar surface area (TPSA) is 116 Å². The molecule has 0 saturated heterocycles. The smallest absolute Gasteiger partial charge is 0.268 e. The number of aromatic nitrogens is 1. The van der Waals surface area contributed by atoms with E-state index < -0.39 is 5.56 Å². The summed E-state index contributed by atoms with van der Waals surface area (Å²) in [6.07, 6.45) is 0. The summed E-state index contributed by atoms with van der Waals surface area (Å²) in [5.74, 6) is 0.576. The van der Waals surface area contributed by atoms with Crippen molar-refractivity contribution in [2.75, 3.05) is 12.3 Å². The van der Waals surface area contributed by atoms with Crippen molar-refractivity contribution >= 4 is 5.82 Å². The van der Waals surface area contributed by atoms with Crippen LogP contribution in [0.4, 0.5) is 5.82 Å². The molecule has 3 N–H and O–H groups in total. The molecule has 0 aliphatic heterocycles. The van der Waals surface area contributed by atoms with Gasteiger partial charge in [0.05, 0.1) is 6.61 Å². The number of nitrogens with zero attached hydrogens (tertiary/aromatic N) is 2. The summed E-state index contributed by atoms with van der Waals surface area (Å²) in [7, 11) is 0. The van der Waals surface area contributed by atoms with E-state index in [1.807, 2.05) is 26.0 Å². The summed E-state index contributed by atoms with van der Waals surface area (Å²) in [5.41, 5.74) is 6.70. The lowest BCUT2D eigenvalue weighted by Crippen LogP contribution is -2.16. The molecule has 6 heteroatoms. The van der Waals surface area contributed by atoms with Crippen LogP contribution < -0.4 is 16.0 Å². The van der Waals surface area contributed by atoms with Gasteiger partial charge in [-0.15, -0.1) is 0 Å². The predicted octanol–water partition coefficient (Wildman–Crippen LogP) is 2.07. The highest BCUT2D eigenvalue weighted by molar-refractivity contribution is 5.80. The maximum atomic E-state index is 11.9. The summed E-state index contributed by atoms with van der Waals surface area (Å²) < 4.78 is 5.52. The van der Waals surface area contributed by atoms with Gasteiger partial charge >= 0.3 is 0 Å². The third-order valence-corrected chi connectivity index (χ3v) is 3.24. The fourth-order valence-electron chi connectivity index (χ4n) is 2.20. The highest BCUT2D eigenvalue weighted by Crippen LogP contribution is 2.32. The lowest BCUT2D eigenvalue weighted by atomic mass is 9.95. The molecule has 0 unspecified atom stereocenters. The number of aromatic amines is 1. The van der Waals surface area contributed by atoms with E-state index in [4.69, 9.17) is 10.5 Å². The van der Waals surface area contributed by atoms with Gasteiger partial charge in [0.15, 0.2) is 0 Å². The molecule has 0 amide bonds. The number of rotatable bonds is 3. The number of nitrogen functional groups attached to an aromatic ring is 1. The Bertz CT molecular complexity index is 869. The van der Waals surface area contributed by atoms with Crippen LogP contribution in [0.5, 0.6) is 5.75 Å². The Morgan fingerprint density at radius 3 is 2.55 bits per heavy atom. The molecule has 1 heterocycles. The molecule has 0 aliphatic carbocycles. The van der Waals surface area contributed by atoms with Crippen LogP contribution in [0.25, 0.3) is 11.1 Å². The lowest BCUT2D eigenvalue weighted by molar-refractivity contribution is 0.338. The third kappa shape index (κ3) is 2.50. The van der Waals surface area contributed by atoms with E-state index in [-0.39, 0.29) is 22.5 Å². The summed E-state index contributed by atoms with van der Waals surface area (Å²) in [6.45, 7) is 4.23. The van der Waals surface area contributed by atoms with E-state index >= 15 is 0 Å². The van der Waals surface area contributed by atoms with Crippen molar-refractivity contribution in [1.82, 2.24) is 4.98 Å². The number of H-pyrrole nitrogens is 1. The van der Waals surface area contributed by atoms with E-state index in [0.29, 0.717) is 17.9 Å². The number of ether oxygens (including phenoxy) is 1. The molecule has 6 nitrogen and oxygen atoms in total. The fourth-order valence-corrected chi connectivity index (χ4v) is 2.20. The van der Waals surface area contributed by atoms with Crippen molar-refractivity contribution in [3.63, 3.8) is 0 Å². The molecule has 2 aromatic rings. The molecule has 22 heavy (non-hydrogen) atoms. The van der Waals surface area contributed by atoms with Crippen LogP contribution in [-0.4, -0.2) is 11.6 Å². The minimum atomic E-state index is -0.618. The van der Waals surface area contributed by atoms with Gasteiger partial charge in [0.25, 0.3) is 5.56 Å². The molecule has 0 saturated carbocycles. The summed E-state index contributed by atoms with van der Waals surface area (Å²) in [4.78, 5) is 14.2. The Balaban J connectivity index is 2.83. The first-order valence-electron chi connectivity index (χ1n) is 6.63. The van der Waals surface area contributed by atoms with Gasteiger partial charge in [-0.1, -0.05) is 12.1 Å². The first-order chi connectivity index (χ1) is 10.5. The number of nitrogens with one attached hydrogen (secondary N) is 1. The highest BCUT2D eigenvalue weighted by Gasteiger charge is 2.18. The Morgan fingerprint density at radius 2 is 1.95 bits per heavy atom. The molecule has 0 aliphatic rings. The minimum absolute atomic E-state index is 0.0555. The lowest BCUT2D eigenvalue weighted by Gasteiger charge is -2.12. The predicted molar refractivity (Wildman–Crippen MR) is 82.2 cm³/mol. The highest BCUT2D eigenvalue weighted by atomic mass is 16.5. The Hall–Kier alpha value is -3.25. The number of aryl methyl sites for hydroxylation is 1. The zero-order valence-corrected chi connectivity index (χ0v) is 12.2. The van der Waals surface area contributed by atoms with Gasteiger partial charge in [-0.05, 0) is 31.0 Å². The van der Waals surface area contributed by atoms with Gasteiger partial charge in [-0.2, -0.15) is 10.5 Å². The van der Waals surface area contributed by atoms with Crippen LogP contribution in [0.3, 0.4) is 0 Å². The molecule has 1 aromatic carbocycles. The molecule has 0 atom stereocenters. The second-order valence-electron chi connectivity index (χ2n) is 4.63. The number of nitriles is 2. The Labute approximate surface area is 127 Å². The largest absolute Gasteiger partial charge is 0.494 e. The molecule has 0 spiro atoms. The zero-order valence-electron chi connectivity index (χ0n) is 12.2. The average molecular weight is 294 g/mol. The Morgan fingerprint density at radius 1 is 1.27 bits per heavy atom. The number of nitrogens with two attached hydrogens (primary N) is 1. The zero-order chi connectivity index (χ0) is 16.3. The van der Waals surface area contributed by atoms with E-state index in [2.05, 4.69) is 4.98 Å². The normalized spacial score (nSPS) is 9.82. The van der Waals surface area contributed by atoms with E-state index in [1.165, 1.54) is 0 Å². The van der Waals surface area contributed by atoms with Crippen LogP contribution in [0.15, 0.2) is 23.0 Å². The van der Waals surface area contributed by atoms with E-state index in [0.717, 1.165) is 5.56 Å². The quantitative estimate of drug-likeness (QED) is 0.899. The number of hydrogen-bond donors (Lipinski definition) is 2. The van der Waals surface area contributed by atoms with E-state index in [1.54, 1.807) is 18.2 Å². The maximum absolute atomic E-state index is 11.9. The summed E-state index contributed by atoms with van der Waals surface area (Å²) in [6, 6.07) is 9.02. The van der Waals surface area contributed by atoms with Gasteiger partial charge in [0.1, 0.15) is 34.8 Å². The first kappa shape index (κ1) is 15.1. The minimum Gasteiger partial charge on any atom is -0.494 e. The SMILES string of the molecule is CCOc1cc(-c2c(C#N)c(N)[nH]c(=O)c2C#N)ccc1C. The molecular formula is C16H14N4O2. The standard InChI is InChI=1S/C16H14N4O2/c1-3-22-13-6-10(5-4-9(13)2)14-11(7-17)15(19)20-16(21)12(14)8-18/h4-6H,3H2,1-2H3,(H3,19,20,21). The maximum Gasteiger partial charge on any atom is 0.268 e. The van der Waals surface area contributed by atoms with Crippen LogP contribution in [0.2, 0.25) is 0 Å². The van der Waals surface area contributed by atoms with Gasteiger partial charge < -0.3 is 15.5 Å². The first-order valence-corrected chi connectivity index (χ1v) is 6.63. The Kier molecular flexibility index (Phi) is 4.15. The van der Waals surface area contributed by atoms with Gasteiger partial charge in [0.2, 0.25) is 0 Å². The van der Waals surface area contributed by atoms with Crippen LogP contribution >= 0.6 is 0 Å². The fraction of sp³-hybridized carbons (Fsp3) is 0.188. The molecule has 110 valence electrons. The number of benzene rings is 1. The molecule has 1 aromatic heterocycles. The summed E-state index contributed by atoms with van der Waals surface area (Å²) >= 11 is 0. The van der Waals surface area contributed by atoms with E-state index in [9.17, 15) is 15.3 Å². The van der Waals surface area contributed by atoms with Crippen molar-refractivity contribution < 1.29 is 4.74 Å². The van der Waals surface area contributed by atoms with Gasteiger partial charge in [-0.25, -0.2) is 0 Å².